The Hall–Kier alpha value is -4.89. The maximum Gasteiger partial charge on any atom is 0.323 e. The maximum atomic E-state index is 13.1. The number of furan rings is 1. The Bertz CT molecular complexity index is 1300. The average molecular weight is 463 g/mol. The molecule has 3 aromatic carbocycles. The van der Waals surface area contributed by atoms with Crippen molar-refractivity contribution in [3.8, 4) is 11.8 Å². The van der Waals surface area contributed by atoms with Crippen LogP contribution in [-0.2, 0) is 16.1 Å². The lowest BCUT2D eigenvalue weighted by molar-refractivity contribution is -0.135. The molecule has 4 rings (SSSR count). The molecule has 4 aromatic rings. The minimum absolute atomic E-state index is 0.0467. The topological polar surface area (TPSA) is 92.3 Å². The van der Waals surface area contributed by atoms with E-state index in [0.29, 0.717) is 17.1 Å². The highest BCUT2D eigenvalue weighted by molar-refractivity contribution is 6.01. The quantitative estimate of drug-likeness (QED) is 0.167. The van der Waals surface area contributed by atoms with Crippen LogP contribution in [0.15, 0.2) is 113 Å². The highest BCUT2D eigenvalue weighted by Gasteiger charge is 2.24. The molecular weight excluding hydrogens is 440 g/mol. The van der Waals surface area contributed by atoms with Crippen LogP contribution in [0, 0.1) is 11.3 Å². The van der Waals surface area contributed by atoms with E-state index in [2.05, 4.69) is 5.32 Å². The zero-order chi connectivity index (χ0) is 24.5. The summed E-state index contributed by atoms with van der Waals surface area (Å²) in [7, 11) is 0. The van der Waals surface area contributed by atoms with Crippen molar-refractivity contribution in [3.05, 3.63) is 131 Å². The third-order valence-corrected chi connectivity index (χ3v) is 5.28. The maximum absolute atomic E-state index is 13.1. The molecule has 1 amide bonds. The molecule has 172 valence electrons. The number of carbonyl (C=O) groups is 2. The molecule has 0 bridgehead atoms. The lowest BCUT2D eigenvalue weighted by Gasteiger charge is -2.17. The van der Waals surface area contributed by atoms with Gasteiger partial charge < -0.3 is 14.5 Å². The summed E-state index contributed by atoms with van der Waals surface area (Å²) < 4.78 is 10.9. The smallest absolute Gasteiger partial charge is 0.323 e. The lowest BCUT2D eigenvalue weighted by Crippen LogP contribution is -2.23. The molecular formula is C29H22N2O4. The molecule has 1 aromatic heterocycles. The summed E-state index contributed by atoms with van der Waals surface area (Å²) in [6, 6.07) is 30.9. The van der Waals surface area contributed by atoms with Gasteiger partial charge >= 0.3 is 5.97 Å². The molecule has 0 aliphatic carbocycles. The molecule has 0 atom stereocenters. The molecule has 0 spiro atoms. The fourth-order valence-corrected chi connectivity index (χ4v) is 3.55. The highest BCUT2D eigenvalue weighted by atomic mass is 16.5. The van der Waals surface area contributed by atoms with Crippen molar-refractivity contribution in [1.29, 1.82) is 5.26 Å². The SMILES string of the molecule is N#C/C(=C\c1ccc(OC(=O)C(c2ccccc2)c2ccccc2)cc1)C(=O)NCc1ccco1. The van der Waals surface area contributed by atoms with Crippen LogP contribution in [0.2, 0.25) is 0 Å². The number of benzene rings is 3. The molecule has 6 nitrogen and oxygen atoms in total. The van der Waals surface area contributed by atoms with Crippen molar-refractivity contribution in [3.63, 3.8) is 0 Å². The van der Waals surface area contributed by atoms with Crippen molar-refractivity contribution in [2.75, 3.05) is 0 Å². The normalized spacial score (nSPS) is 11.0. The summed E-state index contributed by atoms with van der Waals surface area (Å²) in [5, 5.41) is 12.0. The van der Waals surface area contributed by atoms with Crippen molar-refractivity contribution < 1.29 is 18.7 Å². The van der Waals surface area contributed by atoms with Crippen LogP contribution in [0.4, 0.5) is 0 Å². The number of esters is 1. The van der Waals surface area contributed by atoms with E-state index in [1.165, 1.54) is 12.3 Å². The van der Waals surface area contributed by atoms with Crippen LogP contribution in [-0.4, -0.2) is 11.9 Å². The second kappa shape index (κ2) is 11.3. The minimum Gasteiger partial charge on any atom is -0.467 e. The van der Waals surface area contributed by atoms with E-state index in [1.807, 2.05) is 66.7 Å². The molecule has 0 saturated carbocycles. The van der Waals surface area contributed by atoms with Crippen LogP contribution < -0.4 is 10.1 Å². The fourth-order valence-electron chi connectivity index (χ4n) is 3.55. The van der Waals surface area contributed by atoms with E-state index in [-0.39, 0.29) is 12.1 Å². The number of rotatable bonds is 8. The molecule has 1 N–H and O–H groups in total. The second-order valence-corrected chi connectivity index (χ2v) is 7.68. The van der Waals surface area contributed by atoms with Crippen LogP contribution >= 0.6 is 0 Å². The summed E-state index contributed by atoms with van der Waals surface area (Å²) in [4.78, 5) is 25.5. The molecule has 0 radical (unpaired) electrons. The van der Waals surface area contributed by atoms with Gasteiger partial charge in [0, 0.05) is 0 Å². The van der Waals surface area contributed by atoms with E-state index < -0.39 is 17.8 Å². The van der Waals surface area contributed by atoms with Crippen molar-refractivity contribution in [2.24, 2.45) is 0 Å². The van der Waals surface area contributed by atoms with Gasteiger partial charge in [-0.1, -0.05) is 72.8 Å². The molecule has 0 aliphatic rings. The van der Waals surface area contributed by atoms with Gasteiger partial charge in [0.1, 0.15) is 29.1 Å². The van der Waals surface area contributed by atoms with E-state index in [1.54, 1.807) is 36.4 Å². The summed E-state index contributed by atoms with van der Waals surface area (Å²) >= 11 is 0. The molecule has 0 fully saturated rings. The van der Waals surface area contributed by atoms with Gasteiger partial charge in [-0.05, 0) is 47.0 Å². The van der Waals surface area contributed by atoms with Crippen LogP contribution in [0.3, 0.4) is 0 Å². The lowest BCUT2D eigenvalue weighted by atomic mass is 9.91. The molecule has 6 heteroatoms. The van der Waals surface area contributed by atoms with Crippen molar-refractivity contribution in [1.82, 2.24) is 5.32 Å². The van der Waals surface area contributed by atoms with Crippen molar-refractivity contribution in [2.45, 2.75) is 12.5 Å². The zero-order valence-electron chi connectivity index (χ0n) is 18.8. The first-order valence-electron chi connectivity index (χ1n) is 11.0. The van der Waals surface area contributed by atoms with Gasteiger partial charge in [0.15, 0.2) is 0 Å². The number of nitriles is 1. The van der Waals surface area contributed by atoms with Crippen LogP contribution in [0.5, 0.6) is 5.75 Å². The van der Waals surface area contributed by atoms with E-state index >= 15 is 0 Å². The monoisotopic (exact) mass is 462 g/mol. The first-order chi connectivity index (χ1) is 17.1. The highest BCUT2D eigenvalue weighted by Crippen LogP contribution is 2.27. The van der Waals surface area contributed by atoms with Gasteiger partial charge in [-0.25, -0.2) is 0 Å². The largest absolute Gasteiger partial charge is 0.467 e. The van der Waals surface area contributed by atoms with Gasteiger partial charge in [-0.15, -0.1) is 0 Å². The predicted octanol–water partition coefficient (Wildman–Crippen LogP) is 5.24. The third kappa shape index (κ3) is 6.12. The van der Waals surface area contributed by atoms with Crippen LogP contribution in [0.25, 0.3) is 6.08 Å². The number of nitrogens with one attached hydrogen (secondary N) is 1. The summed E-state index contributed by atoms with van der Waals surface area (Å²) in [6.45, 7) is 0.184. The van der Waals surface area contributed by atoms with Gasteiger partial charge in [0.05, 0.1) is 12.8 Å². The minimum atomic E-state index is -0.569. The van der Waals surface area contributed by atoms with Crippen molar-refractivity contribution >= 4 is 18.0 Å². The Labute approximate surface area is 203 Å². The standard InChI is InChI=1S/C29H22N2O4/c30-19-24(28(32)31-20-26-12-7-17-34-26)18-21-13-15-25(16-14-21)35-29(33)27(22-8-3-1-4-9-22)23-10-5-2-6-11-23/h1-18,27H,20H2,(H,31,32)/b24-18+. The van der Waals surface area contributed by atoms with Gasteiger partial charge in [-0.2, -0.15) is 5.26 Å². The number of ether oxygens (including phenoxy) is 1. The molecule has 35 heavy (non-hydrogen) atoms. The molecule has 0 unspecified atom stereocenters. The third-order valence-electron chi connectivity index (χ3n) is 5.28. The van der Waals surface area contributed by atoms with Gasteiger partial charge in [0.25, 0.3) is 5.91 Å². The molecule has 0 aliphatic heterocycles. The Morgan fingerprint density at radius 1 is 0.886 bits per heavy atom. The number of hydrogen-bond acceptors (Lipinski definition) is 5. The Kier molecular flexibility index (Phi) is 7.52. The van der Waals surface area contributed by atoms with Gasteiger partial charge in [-0.3, -0.25) is 9.59 Å². The Balaban J connectivity index is 1.46. The molecule has 0 saturated heterocycles. The first kappa shape index (κ1) is 23.3. The predicted molar refractivity (Wildman–Crippen MR) is 131 cm³/mol. The number of amides is 1. The zero-order valence-corrected chi connectivity index (χ0v) is 18.8. The summed E-state index contributed by atoms with van der Waals surface area (Å²) in [6.07, 6.45) is 2.98. The average Bonchev–Trinajstić information content (AvgIpc) is 3.42. The van der Waals surface area contributed by atoms with Crippen LogP contribution in [0.1, 0.15) is 28.4 Å². The number of hydrogen-bond donors (Lipinski definition) is 1. The summed E-state index contributed by atoms with van der Waals surface area (Å²) in [5.74, 6) is -0.524. The number of nitrogens with zero attached hydrogens (tertiary/aromatic N) is 1. The number of carbonyl (C=O) groups excluding carboxylic acids is 2. The van der Waals surface area contributed by atoms with Gasteiger partial charge in [0.2, 0.25) is 0 Å². The van der Waals surface area contributed by atoms with E-state index in [0.717, 1.165) is 11.1 Å². The fraction of sp³-hybridized carbons (Fsp3) is 0.0690. The van der Waals surface area contributed by atoms with E-state index in [4.69, 9.17) is 9.15 Å². The first-order valence-corrected chi connectivity index (χ1v) is 11.0. The Morgan fingerprint density at radius 3 is 2.06 bits per heavy atom. The molecule has 1 heterocycles. The Morgan fingerprint density at radius 2 is 1.51 bits per heavy atom. The second-order valence-electron chi connectivity index (χ2n) is 7.68. The summed E-state index contributed by atoms with van der Waals surface area (Å²) in [5.41, 5.74) is 2.25. The van der Waals surface area contributed by atoms with E-state index in [9.17, 15) is 14.9 Å².